The molecule has 1 aliphatic rings. The fourth-order valence-electron chi connectivity index (χ4n) is 14.3. The number of nitrogens with zero attached hydrogens (tertiary/aromatic N) is 5. The van der Waals surface area contributed by atoms with Gasteiger partial charge in [-0.15, -0.1) is 11.3 Å². The van der Waals surface area contributed by atoms with Crippen LogP contribution in [0.4, 0.5) is 5.69 Å². The van der Waals surface area contributed by atoms with E-state index in [1.165, 1.54) is 79.3 Å². The summed E-state index contributed by atoms with van der Waals surface area (Å²) in [6.07, 6.45) is 5.58. The molecule has 1 aliphatic heterocycles. The van der Waals surface area contributed by atoms with Gasteiger partial charge in [0.25, 0.3) is 0 Å². The van der Waals surface area contributed by atoms with Crippen LogP contribution in [0.3, 0.4) is 0 Å². The zero-order valence-electron chi connectivity index (χ0n) is 73.4. The lowest BCUT2D eigenvalue weighted by Gasteiger charge is -2.36. The number of carbonyl (C=O) groups is 16. The molecular formula is C89H121N19O21S. The Bertz CT molecular complexity index is 4760. The highest BCUT2D eigenvalue weighted by molar-refractivity contribution is 7.09. The number of imidazole rings is 1. The van der Waals surface area contributed by atoms with E-state index in [-0.39, 0.29) is 141 Å². The summed E-state index contributed by atoms with van der Waals surface area (Å²) in [5, 5.41) is 81.0. The third-order valence-electron chi connectivity index (χ3n) is 21.3. The topological polar surface area (TPSA) is 610 Å². The highest BCUT2D eigenvalue weighted by atomic mass is 32.1. The molecule has 704 valence electrons. The number of rotatable bonds is 54. The number of carbonyl (C=O) groups excluding carboxylic acids is 13. The van der Waals surface area contributed by atoms with E-state index >= 15 is 0 Å². The molecule has 0 unspecified atom stereocenters. The molecule has 40 nitrogen and oxygen atoms in total. The number of nitrogens with one attached hydrogen (secondary N) is 12. The van der Waals surface area contributed by atoms with Gasteiger partial charge in [0.1, 0.15) is 59.8 Å². The van der Waals surface area contributed by atoms with Crippen LogP contribution in [-0.4, -0.2) is 257 Å². The highest BCUT2D eigenvalue weighted by Gasteiger charge is 2.36. The Balaban J connectivity index is 0.883. The molecule has 7 rings (SSSR count). The van der Waals surface area contributed by atoms with Crippen LogP contribution in [0.1, 0.15) is 156 Å². The van der Waals surface area contributed by atoms with Crippen LogP contribution in [0.15, 0.2) is 121 Å². The van der Waals surface area contributed by atoms with E-state index in [9.17, 15) is 102 Å². The number of anilines is 1. The first kappa shape index (κ1) is 104. The van der Waals surface area contributed by atoms with Crippen LogP contribution in [0, 0.1) is 5.92 Å². The van der Waals surface area contributed by atoms with Gasteiger partial charge in [0.05, 0.1) is 37.3 Å². The average molecular weight is 1830 g/mol. The molecule has 0 spiro atoms. The minimum Gasteiger partial charge on any atom is -0.508 e. The number of amides is 13. The number of hydrogen-bond acceptors (Lipinski definition) is 24. The van der Waals surface area contributed by atoms with Crippen molar-refractivity contribution in [2.24, 2.45) is 17.4 Å². The molecule has 3 aromatic heterocycles. The van der Waals surface area contributed by atoms with Crippen molar-refractivity contribution in [3.63, 3.8) is 0 Å². The standard InChI is InChI=1S/C89H121N19O21S/c1-5-6-17-67(82(91)122)101-88(128)72(45-66-16-13-40-130-66)104-87(127)71(44-62-46-92-53-95-62)100-77(115)35-37-94-89(129)81(54(2)3)105-83(123)55(4)96-85(125)70(43-58-23-29-65(110)30-24-58)103-84(124)68(31-32-73(90)111)102-86(126)69(42-57-21-27-64(109)28-22-57)99-75(113)18-10-8-7-9-11-36-93-74(112)33-34-76(114)98-59-25-19-56(20-26-59)41-63-49-107(51-79(118)119)39-38-106(50-78(116)117)47-60-14-12-15-61(97-60)48-108(63)52-80(120)121/h12-16,19-30,40,46,53-55,63,67-72,81,109-110H,5-11,17-18,31-39,41-45,47-52H2,1-4H3,(H2,90,111)(H2,91,122)(H,92,95)(H,93,112)(H,94,129)(H,96,125)(H,98,114)(H,99,113)(H,100,115)(H,101,128)(H,102,126)(H,103,124)(H,104,127)(H,105,123)(H,116,117)(H,118,119)(H,120,121)/t55-,63-,67-,68-,69+,70-,71-,72-,81-/m0/s1. The summed E-state index contributed by atoms with van der Waals surface area (Å²) >= 11 is 1.34. The number of phenolic OH excluding ortho intramolecular Hbond substituents is 2. The van der Waals surface area contributed by atoms with Crippen molar-refractivity contribution in [3.05, 3.63) is 160 Å². The van der Waals surface area contributed by atoms with Gasteiger partial charge in [0.15, 0.2) is 0 Å². The number of carboxylic acid groups (broad SMARTS) is 3. The van der Waals surface area contributed by atoms with Crippen LogP contribution in [-0.2, 0) is 122 Å². The minimum atomic E-state index is -1.58. The fraction of sp³-hybridized carbons (Fsp3) is 0.483. The number of fused-ring (bicyclic) bond motifs is 2. The third-order valence-corrected chi connectivity index (χ3v) is 22.2. The number of aromatic nitrogens is 3. The molecule has 0 saturated heterocycles. The van der Waals surface area contributed by atoms with E-state index in [0.29, 0.717) is 79.0 Å². The second-order valence-corrected chi connectivity index (χ2v) is 33.5. The number of primary amides is 2. The Morgan fingerprint density at radius 2 is 1.02 bits per heavy atom. The molecule has 21 N–H and O–H groups in total. The number of aromatic hydroxyl groups is 2. The first-order valence-corrected chi connectivity index (χ1v) is 44.2. The van der Waals surface area contributed by atoms with Crippen LogP contribution in [0.25, 0.3) is 0 Å². The summed E-state index contributed by atoms with van der Waals surface area (Å²) in [7, 11) is 0. The molecule has 3 aromatic carbocycles. The summed E-state index contributed by atoms with van der Waals surface area (Å²) < 4.78 is 0. The van der Waals surface area contributed by atoms with Gasteiger partial charge in [-0.05, 0) is 122 Å². The summed E-state index contributed by atoms with van der Waals surface area (Å²) in [4.78, 5) is 231. The zero-order chi connectivity index (χ0) is 94.8. The molecule has 0 fully saturated rings. The lowest BCUT2D eigenvalue weighted by molar-refractivity contribution is -0.141. The summed E-state index contributed by atoms with van der Waals surface area (Å²) in [6.45, 7) is 6.20. The molecular weight excluding hydrogens is 1700 g/mol. The summed E-state index contributed by atoms with van der Waals surface area (Å²) in [5.74, 6) is -13.5. The van der Waals surface area contributed by atoms with Crippen molar-refractivity contribution in [2.75, 3.05) is 57.7 Å². The van der Waals surface area contributed by atoms with Gasteiger partial charge in [0, 0.05) is 132 Å². The van der Waals surface area contributed by atoms with Crippen LogP contribution in [0.5, 0.6) is 11.5 Å². The van der Waals surface area contributed by atoms with Crippen molar-refractivity contribution in [1.29, 1.82) is 0 Å². The fourth-order valence-corrected chi connectivity index (χ4v) is 15.1. The van der Waals surface area contributed by atoms with E-state index < -0.39 is 162 Å². The number of aromatic amines is 1. The first-order chi connectivity index (χ1) is 62.0. The van der Waals surface area contributed by atoms with Gasteiger partial charge >= 0.3 is 17.9 Å². The second-order valence-electron chi connectivity index (χ2n) is 32.5. The van der Waals surface area contributed by atoms with E-state index in [4.69, 9.17) is 16.5 Å². The minimum absolute atomic E-state index is 0.0354. The maximum atomic E-state index is 14.6. The third kappa shape index (κ3) is 38.3. The van der Waals surface area contributed by atoms with Gasteiger partial charge in [-0.3, -0.25) is 96.4 Å². The maximum absolute atomic E-state index is 14.6. The molecule has 6 aromatic rings. The van der Waals surface area contributed by atoms with E-state index in [0.717, 1.165) is 16.9 Å². The summed E-state index contributed by atoms with van der Waals surface area (Å²) in [6, 6.07) is 15.9. The van der Waals surface area contributed by atoms with Gasteiger partial charge in [0.2, 0.25) is 76.8 Å². The predicted octanol–water partition coefficient (Wildman–Crippen LogP) is 1.21. The first-order valence-electron chi connectivity index (χ1n) is 43.3. The maximum Gasteiger partial charge on any atom is 0.317 e. The second kappa shape index (κ2) is 54.1. The van der Waals surface area contributed by atoms with Gasteiger partial charge < -0.3 is 100 Å². The number of thiophene rings is 1. The van der Waals surface area contributed by atoms with E-state index in [2.05, 4.69) is 68.5 Å². The predicted molar refractivity (Wildman–Crippen MR) is 476 cm³/mol. The Morgan fingerprint density at radius 1 is 0.485 bits per heavy atom. The zero-order valence-corrected chi connectivity index (χ0v) is 74.2. The van der Waals surface area contributed by atoms with Crippen LogP contribution >= 0.6 is 11.3 Å². The lowest BCUT2D eigenvalue weighted by Crippen LogP contribution is -2.59. The van der Waals surface area contributed by atoms with Gasteiger partial charge in [-0.1, -0.05) is 101 Å². The van der Waals surface area contributed by atoms with E-state index in [1.54, 1.807) is 88.5 Å². The SMILES string of the molecule is CCCC[C@H](NC(=O)[C@H](Cc1cccs1)NC(=O)[C@H](Cc1cnc[nH]1)NC(=O)CCNC(=O)[C@@H](NC(=O)[C@H](C)NC(=O)[C@H](Cc1ccc(O)cc1)NC(=O)[C@H](CCC(N)=O)NC(=O)[C@@H](Cc1ccc(O)cc1)NC(=O)CCCCCCCNC(=O)CCC(=O)Nc1ccc(C[C@H]2CN(CC(=O)O)CCN(CC(=O)O)Cc3cccc(n3)CN2CC(=O)O)cc1)C(C)C)C(N)=O. The van der Waals surface area contributed by atoms with Crippen molar-refractivity contribution in [1.82, 2.24) is 82.8 Å². The number of carboxylic acids is 3. The van der Waals surface area contributed by atoms with E-state index in [1.807, 2.05) is 6.92 Å². The van der Waals surface area contributed by atoms with Crippen LogP contribution in [0.2, 0.25) is 0 Å². The molecule has 41 heteroatoms. The quantitative estimate of drug-likeness (QED) is 0.0239. The normalized spacial score (nSPS) is 14.9. The van der Waals surface area contributed by atoms with Crippen molar-refractivity contribution in [3.8, 4) is 11.5 Å². The average Bonchev–Trinajstić information content (AvgIpc) is 1.25. The number of pyridine rings is 1. The molecule has 4 heterocycles. The van der Waals surface area contributed by atoms with Crippen molar-refractivity contribution in [2.45, 2.75) is 217 Å². The molecule has 0 aliphatic carbocycles. The van der Waals surface area contributed by atoms with Gasteiger partial charge in [-0.25, -0.2) is 4.98 Å². The largest absolute Gasteiger partial charge is 0.508 e. The van der Waals surface area contributed by atoms with Crippen molar-refractivity contribution >= 4 is 112 Å². The molecule has 0 saturated carbocycles. The number of unbranched alkanes of at least 4 members (excludes halogenated alkanes) is 5. The number of H-pyrrole nitrogens is 1. The number of hydrogen-bond donors (Lipinski definition) is 19. The monoisotopic (exact) mass is 1820 g/mol. The summed E-state index contributed by atoms with van der Waals surface area (Å²) in [5.41, 5.74) is 14.8. The number of nitrogens with two attached hydrogens (primary N) is 2. The molecule has 2 bridgehead atoms. The van der Waals surface area contributed by atoms with Gasteiger partial charge in [-0.2, -0.15) is 0 Å². The van der Waals surface area contributed by atoms with Crippen molar-refractivity contribution < 1.29 is 102 Å². The number of phenols is 2. The Morgan fingerprint density at radius 3 is 1.61 bits per heavy atom. The number of benzene rings is 3. The Kier molecular flexibility index (Phi) is 43.2. The van der Waals surface area contributed by atoms with Crippen LogP contribution < -0.4 is 70.0 Å². The Labute approximate surface area is 756 Å². The molecule has 0 radical (unpaired) electrons. The Hall–Kier alpha value is -13.3. The molecule has 130 heavy (non-hydrogen) atoms. The number of aliphatic carboxylic acids is 3. The highest BCUT2D eigenvalue weighted by Crippen LogP contribution is 2.22. The molecule has 13 amide bonds. The smallest absolute Gasteiger partial charge is 0.317 e. The lowest BCUT2D eigenvalue weighted by atomic mass is 10.0. The molecule has 9 atom stereocenters.